The number of carbonyl (C=O) groups excluding carboxylic acids is 4. The number of thioether (sulfide) groups is 2. The zero-order valence-electron chi connectivity index (χ0n) is 25.4. The summed E-state index contributed by atoms with van der Waals surface area (Å²) in [6.45, 7) is 7.27. The van der Waals surface area contributed by atoms with Crippen LogP contribution in [0.25, 0.3) is 0 Å². The lowest BCUT2D eigenvalue weighted by Crippen LogP contribution is -2.27. The van der Waals surface area contributed by atoms with Gasteiger partial charge in [-0.05, 0) is 23.0 Å². The number of nitro groups is 2. The van der Waals surface area contributed by atoms with E-state index < -0.39 is 32.6 Å². The van der Waals surface area contributed by atoms with E-state index in [-0.39, 0.29) is 79.7 Å². The molecule has 0 N–H and O–H groups in total. The maximum absolute atomic E-state index is 13.1. The predicted octanol–water partition coefficient (Wildman–Crippen LogP) is 7.23. The number of para-hydroxylation sites is 2. The number of carbonyl (C=O) groups is 4. The molecule has 2 aromatic rings. The van der Waals surface area contributed by atoms with Crippen LogP contribution in [0.2, 0.25) is 0 Å². The number of ketones is 2. The van der Waals surface area contributed by atoms with Gasteiger partial charge in [-0.1, -0.05) is 75.5 Å². The Hall–Kier alpha value is -4.56. The molecule has 0 aromatic heterocycles. The fourth-order valence-electron chi connectivity index (χ4n) is 4.94. The van der Waals surface area contributed by atoms with Crippen molar-refractivity contribution in [3.63, 3.8) is 0 Å². The molecular weight excluding hydrogens is 636 g/mol. The molecule has 0 radical (unpaired) electrons. The Morgan fingerprint density at radius 3 is 1.37 bits per heavy atom. The van der Waals surface area contributed by atoms with Gasteiger partial charge in [-0.25, -0.2) is 9.59 Å². The fraction of sp³-hybridized carbons (Fsp3) is 0.312. The first-order chi connectivity index (χ1) is 21.5. The first-order valence-corrected chi connectivity index (χ1v) is 15.7. The molecule has 12 nitrogen and oxygen atoms in total. The van der Waals surface area contributed by atoms with Crippen molar-refractivity contribution in [1.82, 2.24) is 0 Å². The number of allylic oxidation sites excluding steroid dienone is 4. The minimum Gasteiger partial charge on any atom is -0.427 e. The molecular formula is C32H30N2O10S2. The van der Waals surface area contributed by atoms with E-state index in [4.69, 9.17) is 9.47 Å². The van der Waals surface area contributed by atoms with Gasteiger partial charge in [0.05, 0.1) is 29.4 Å². The number of hydrogen-bond donors (Lipinski definition) is 0. The Morgan fingerprint density at radius 1 is 0.674 bits per heavy atom. The third kappa shape index (κ3) is 8.57. The van der Waals surface area contributed by atoms with Gasteiger partial charge in [0.1, 0.15) is 11.5 Å². The quantitative estimate of drug-likeness (QED) is 0.108. The molecule has 0 unspecified atom stereocenters. The average molecular weight is 667 g/mol. The van der Waals surface area contributed by atoms with Crippen molar-refractivity contribution in [3.05, 3.63) is 102 Å². The number of benzene rings is 2. The number of hydrogen-bond acceptors (Lipinski definition) is 12. The normalized spacial score (nSPS) is 17.7. The maximum atomic E-state index is 13.1. The molecule has 14 heteroatoms. The van der Waals surface area contributed by atoms with Gasteiger partial charge in [-0.15, -0.1) is 0 Å². The number of Topliss-reactive ketones (excluding diaryl/α,β-unsaturated/α-hetero) is 2. The summed E-state index contributed by atoms with van der Waals surface area (Å²) in [6, 6.07) is 11.8. The second-order valence-corrected chi connectivity index (χ2v) is 14.3. The van der Waals surface area contributed by atoms with E-state index in [1.807, 2.05) is 27.7 Å². The molecule has 46 heavy (non-hydrogen) atoms. The van der Waals surface area contributed by atoms with Gasteiger partial charge in [-0.2, -0.15) is 0 Å². The van der Waals surface area contributed by atoms with Gasteiger partial charge < -0.3 is 9.47 Å². The summed E-state index contributed by atoms with van der Waals surface area (Å²) >= 11 is 1.69. The van der Waals surface area contributed by atoms with Gasteiger partial charge >= 0.3 is 11.9 Å². The van der Waals surface area contributed by atoms with E-state index in [9.17, 15) is 39.4 Å². The van der Waals surface area contributed by atoms with Crippen LogP contribution in [0.15, 0.2) is 91.8 Å². The van der Waals surface area contributed by atoms with Crippen molar-refractivity contribution in [1.29, 1.82) is 0 Å². The minimum absolute atomic E-state index is 0.0258. The fourth-order valence-corrected chi connectivity index (χ4v) is 7.00. The number of esters is 2. The highest BCUT2D eigenvalue weighted by molar-refractivity contribution is 8.04. The van der Waals surface area contributed by atoms with Crippen LogP contribution >= 0.6 is 23.5 Å². The van der Waals surface area contributed by atoms with Gasteiger partial charge in [0.25, 0.3) is 11.4 Å². The molecule has 4 rings (SSSR count). The Kier molecular flexibility index (Phi) is 10.3. The van der Waals surface area contributed by atoms with Crippen LogP contribution in [0.1, 0.15) is 53.4 Å². The second-order valence-electron chi connectivity index (χ2n) is 12.2. The van der Waals surface area contributed by atoms with Crippen LogP contribution in [0.5, 0.6) is 0 Å². The summed E-state index contributed by atoms with van der Waals surface area (Å²) in [5.74, 6) is -2.60. The Bertz CT molecular complexity index is 1610. The summed E-state index contributed by atoms with van der Waals surface area (Å²) in [4.78, 5) is 74.2. The topological polar surface area (TPSA) is 173 Å². The molecule has 0 amide bonds. The van der Waals surface area contributed by atoms with Crippen molar-refractivity contribution in [2.75, 3.05) is 0 Å². The predicted molar refractivity (Wildman–Crippen MR) is 169 cm³/mol. The first-order valence-electron chi connectivity index (χ1n) is 14.0. The largest absolute Gasteiger partial charge is 0.427 e. The molecule has 2 aromatic carbocycles. The molecule has 0 bridgehead atoms. The molecule has 0 aliphatic heterocycles. The number of nitro benzene ring substituents is 2. The lowest BCUT2D eigenvalue weighted by atomic mass is 9.79. The SMILES string of the molecule is CC1(C)CC(=O)C(Sc2ccccc2[N+](=O)[O-])=C(OC(=O)C=CC(=O)OC2=C(Sc3ccccc3[N+](=O)[O-])C(=O)CC(C)(C)C2)C1. The Balaban J connectivity index is 1.56. The lowest BCUT2D eigenvalue weighted by Gasteiger charge is -2.31. The summed E-state index contributed by atoms with van der Waals surface area (Å²) in [6.07, 6.45) is 2.27. The first kappa shape index (κ1) is 34.3. The van der Waals surface area contributed by atoms with Crippen LogP contribution in [0.4, 0.5) is 11.4 Å². The highest BCUT2D eigenvalue weighted by Gasteiger charge is 2.38. The van der Waals surface area contributed by atoms with Crippen LogP contribution in [0.3, 0.4) is 0 Å². The molecule has 0 fully saturated rings. The summed E-state index contributed by atoms with van der Waals surface area (Å²) in [7, 11) is 0. The van der Waals surface area contributed by atoms with E-state index in [0.29, 0.717) is 0 Å². The molecule has 2 aliphatic carbocycles. The molecule has 0 heterocycles. The van der Waals surface area contributed by atoms with E-state index in [1.54, 1.807) is 12.1 Å². The van der Waals surface area contributed by atoms with E-state index in [0.717, 1.165) is 35.7 Å². The Morgan fingerprint density at radius 2 is 1.02 bits per heavy atom. The maximum Gasteiger partial charge on any atom is 0.336 e. The van der Waals surface area contributed by atoms with Gasteiger partial charge in [-0.3, -0.25) is 29.8 Å². The van der Waals surface area contributed by atoms with Crippen LogP contribution in [-0.4, -0.2) is 33.4 Å². The van der Waals surface area contributed by atoms with Crippen LogP contribution in [0, 0.1) is 31.1 Å². The molecule has 240 valence electrons. The molecule has 0 spiro atoms. The molecule has 0 saturated heterocycles. The van der Waals surface area contributed by atoms with Crippen LogP contribution < -0.4 is 0 Å². The van der Waals surface area contributed by atoms with Gasteiger partial charge in [0, 0.05) is 50.0 Å². The van der Waals surface area contributed by atoms with Crippen molar-refractivity contribution >= 4 is 58.4 Å². The third-order valence-electron chi connectivity index (χ3n) is 6.92. The summed E-state index contributed by atoms with van der Waals surface area (Å²) in [5, 5.41) is 23.0. The standard InChI is InChI=1S/C32H30N2O10S2/c1-31(2)15-21(35)29(45-25-11-7-5-9-19(25)33(39)40)23(17-31)43-27(37)13-14-28(38)44-24-18-32(3,4)16-22(36)30(24)46-26-12-8-6-10-20(26)34(41)42/h5-14H,15-18H2,1-4H3. The highest BCUT2D eigenvalue weighted by Crippen LogP contribution is 2.46. The van der Waals surface area contributed by atoms with E-state index >= 15 is 0 Å². The molecule has 2 aliphatic rings. The van der Waals surface area contributed by atoms with Crippen molar-refractivity contribution in [2.45, 2.75) is 63.2 Å². The Labute approximate surface area is 272 Å². The molecule has 0 atom stereocenters. The van der Waals surface area contributed by atoms with Crippen molar-refractivity contribution in [2.24, 2.45) is 10.8 Å². The van der Waals surface area contributed by atoms with Gasteiger partial charge in [0.15, 0.2) is 11.6 Å². The highest BCUT2D eigenvalue weighted by atomic mass is 32.2. The third-order valence-corrected chi connectivity index (χ3v) is 9.37. The number of rotatable bonds is 10. The lowest BCUT2D eigenvalue weighted by molar-refractivity contribution is -0.387. The van der Waals surface area contributed by atoms with E-state index in [1.165, 1.54) is 36.4 Å². The van der Waals surface area contributed by atoms with Crippen molar-refractivity contribution < 1.29 is 38.5 Å². The van der Waals surface area contributed by atoms with Gasteiger partial charge in [0.2, 0.25) is 0 Å². The van der Waals surface area contributed by atoms with E-state index in [2.05, 4.69) is 0 Å². The van der Waals surface area contributed by atoms with Crippen molar-refractivity contribution in [3.8, 4) is 0 Å². The zero-order valence-corrected chi connectivity index (χ0v) is 27.0. The van der Waals surface area contributed by atoms with Crippen LogP contribution in [-0.2, 0) is 28.7 Å². The zero-order chi connectivity index (χ0) is 33.8. The monoisotopic (exact) mass is 666 g/mol. The second kappa shape index (κ2) is 13.8. The minimum atomic E-state index is -0.985. The molecule has 0 saturated carbocycles. The summed E-state index contributed by atoms with van der Waals surface area (Å²) in [5.41, 5.74) is -1.53. The average Bonchev–Trinajstić information content (AvgIpc) is 2.95. The summed E-state index contributed by atoms with van der Waals surface area (Å²) < 4.78 is 11.0. The number of ether oxygens (including phenoxy) is 2. The smallest absolute Gasteiger partial charge is 0.336 e. The number of nitrogens with zero attached hydrogens (tertiary/aromatic N) is 2.